The SMILES string of the molecule is Cc1nn(C)c(C(=O)N(CC(C)C)C2CC2)c1N. The predicted octanol–water partition coefficient (Wildman–Crippen LogP) is 1.57. The standard InChI is InChI=1S/C13H22N4O/c1-8(2)7-17(10-5-6-10)13(18)12-11(14)9(3)15-16(12)4/h8,10H,5-7,14H2,1-4H3. The summed E-state index contributed by atoms with van der Waals surface area (Å²) >= 11 is 0. The highest BCUT2D eigenvalue weighted by Gasteiger charge is 2.35. The van der Waals surface area contributed by atoms with Crippen molar-refractivity contribution in [2.45, 2.75) is 39.7 Å². The van der Waals surface area contributed by atoms with E-state index < -0.39 is 0 Å². The lowest BCUT2D eigenvalue weighted by molar-refractivity contribution is 0.0712. The van der Waals surface area contributed by atoms with Gasteiger partial charge in [0, 0.05) is 19.6 Å². The molecular formula is C13H22N4O. The highest BCUT2D eigenvalue weighted by atomic mass is 16.2. The van der Waals surface area contributed by atoms with Crippen LogP contribution in [-0.4, -0.2) is 33.2 Å². The van der Waals surface area contributed by atoms with Gasteiger partial charge in [0.05, 0.1) is 11.4 Å². The third-order valence-electron chi connectivity index (χ3n) is 3.28. The van der Waals surface area contributed by atoms with Crippen LogP contribution >= 0.6 is 0 Å². The van der Waals surface area contributed by atoms with E-state index in [4.69, 9.17) is 5.73 Å². The second-order valence-corrected chi connectivity index (χ2v) is 5.55. The Morgan fingerprint density at radius 2 is 2.17 bits per heavy atom. The number of aryl methyl sites for hydroxylation is 2. The van der Waals surface area contributed by atoms with E-state index in [0.717, 1.165) is 25.1 Å². The van der Waals surface area contributed by atoms with E-state index in [2.05, 4.69) is 18.9 Å². The molecule has 1 amide bonds. The van der Waals surface area contributed by atoms with Gasteiger partial charge in [-0.15, -0.1) is 0 Å². The Morgan fingerprint density at radius 1 is 1.56 bits per heavy atom. The predicted molar refractivity (Wildman–Crippen MR) is 71.3 cm³/mol. The van der Waals surface area contributed by atoms with Crippen LogP contribution < -0.4 is 5.73 Å². The first kappa shape index (κ1) is 12.9. The number of carbonyl (C=O) groups excluding carboxylic acids is 1. The Labute approximate surface area is 108 Å². The van der Waals surface area contributed by atoms with Crippen molar-refractivity contribution in [1.82, 2.24) is 14.7 Å². The summed E-state index contributed by atoms with van der Waals surface area (Å²) in [6.07, 6.45) is 2.21. The number of nitrogens with two attached hydrogens (primary N) is 1. The molecule has 2 N–H and O–H groups in total. The van der Waals surface area contributed by atoms with Crippen molar-refractivity contribution in [3.63, 3.8) is 0 Å². The molecule has 1 aromatic heterocycles. The van der Waals surface area contributed by atoms with Crippen molar-refractivity contribution >= 4 is 11.6 Å². The molecule has 1 fully saturated rings. The molecule has 5 nitrogen and oxygen atoms in total. The summed E-state index contributed by atoms with van der Waals surface area (Å²) in [4.78, 5) is 14.6. The lowest BCUT2D eigenvalue weighted by atomic mass is 10.2. The summed E-state index contributed by atoms with van der Waals surface area (Å²) in [6.45, 7) is 6.87. The molecule has 0 aromatic carbocycles. The maximum Gasteiger partial charge on any atom is 0.274 e. The van der Waals surface area contributed by atoms with Crippen LogP contribution in [0.1, 0.15) is 42.9 Å². The highest BCUT2D eigenvalue weighted by molar-refractivity contribution is 5.98. The average molecular weight is 250 g/mol. The second-order valence-electron chi connectivity index (χ2n) is 5.55. The summed E-state index contributed by atoms with van der Waals surface area (Å²) in [6, 6.07) is 0.398. The molecule has 1 aromatic rings. The van der Waals surface area contributed by atoms with E-state index in [0.29, 0.717) is 23.3 Å². The molecule has 5 heteroatoms. The van der Waals surface area contributed by atoms with E-state index in [1.165, 1.54) is 0 Å². The lowest BCUT2D eigenvalue weighted by Gasteiger charge is -2.24. The van der Waals surface area contributed by atoms with Gasteiger partial charge in [0.1, 0.15) is 5.69 Å². The van der Waals surface area contributed by atoms with E-state index in [1.807, 2.05) is 11.8 Å². The number of carbonyl (C=O) groups is 1. The van der Waals surface area contributed by atoms with Crippen molar-refractivity contribution in [2.24, 2.45) is 13.0 Å². The third kappa shape index (κ3) is 2.35. The molecule has 1 heterocycles. The normalized spacial score (nSPS) is 15.2. The van der Waals surface area contributed by atoms with Crippen LogP contribution in [-0.2, 0) is 7.05 Å². The van der Waals surface area contributed by atoms with Crippen molar-refractivity contribution in [1.29, 1.82) is 0 Å². The van der Waals surface area contributed by atoms with Crippen molar-refractivity contribution in [2.75, 3.05) is 12.3 Å². The number of nitrogen functional groups attached to an aromatic ring is 1. The zero-order chi connectivity index (χ0) is 13.4. The molecule has 0 bridgehead atoms. The number of anilines is 1. The van der Waals surface area contributed by atoms with Gasteiger partial charge in [-0.1, -0.05) is 13.8 Å². The fourth-order valence-electron chi connectivity index (χ4n) is 2.24. The average Bonchev–Trinajstić information content (AvgIpc) is 3.05. The zero-order valence-electron chi connectivity index (χ0n) is 11.6. The largest absolute Gasteiger partial charge is 0.395 e. The highest BCUT2D eigenvalue weighted by Crippen LogP contribution is 2.30. The van der Waals surface area contributed by atoms with E-state index >= 15 is 0 Å². The molecule has 0 saturated heterocycles. The summed E-state index contributed by atoms with van der Waals surface area (Å²) in [7, 11) is 1.77. The van der Waals surface area contributed by atoms with Crippen LogP contribution in [0.5, 0.6) is 0 Å². The van der Waals surface area contributed by atoms with Gasteiger partial charge in [-0.25, -0.2) is 0 Å². The Bertz CT molecular complexity index is 460. The van der Waals surface area contributed by atoms with Crippen LogP contribution in [0, 0.1) is 12.8 Å². The Balaban J connectivity index is 2.27. The molecule has 100 valence electrons. The fraction of sp³-hybridized carbons (Fsp3) is 0.692. The maximum atomic E-state index is 12.6. The van der Waals surface area contributed by atoms with Crippen LogP contribution in [0.4, 0.5) is 5.69 Å². The summed E-state index contributed by atoms with van der Waals surface area (Å²) in [5, 5.41) is 4.22. The smallest absolute Gasteiger partial charge is 0.274 e. The minimum absolute atomic E-state index is 0.0202. The van der Waals surface area contributed by atoms with E-state index in [-0.39, 0.29) is 5.91 Å². The van der Waals surface area contributed by atoms with Gasteiger partial charge in [-0.3, -0.25) is 9.48 Å². The van der Waals surface area contributed by atoms with Gasteiger partial charge in [-0.05, 0) is 25.7 Å². The molecule has 0 radical (unpaired) electrons. The summed E-state index contributed by atoms with van der Waals surface area (Å²) in [5.74, 6) is 0.483. The molecular weight excluding hydrogens is 228 g/mol. The molecule has 18 heavy (non-hydrogen) atoms. The molecule has 0 atom stereocenters. The van der Waals surface area contributed by atoms with Gasteiger partial charge < -0.3 is 10.6 Å². The van der Waals surface area contributed by atoms with Crippen molar-refractivity contribution in [3.05, 3.63) is 11.4 Å². The van der Waals surface area contributed by atoms with Gasteiger partial charge in [0.2, 0.25) is 0 Å². The summed E-state index contributed by atoms with van der Waals surface area (Å²) < 4.78 is 1.60. The molecule has 1 aliphatic rings. The number of nitrogens with zero attached hydrogens (tertiary/aromatic N) is 3. The van der Waals surface area contributed by atoms with E-state index in [1.54, 1.807) is 11.7 Å². The van der Waals surface area contributed by atoms with Crippen LogP contribution in [0.15, 0.2) is 0 Å². The fourth-order valence-corrected chi connectivity index (χ4v) is 2.24. The molecule has 1 aliphatic carbocycles. The van der Waals surface area contributed by atoms with Gasteiger partial charge in [0.25, 0.3) is 5.91 Å². The zero-order valence-corrected chi connectivity index (χ0v) is 11.6. The van der Waals surface area contributed by atoms with Gasteiger partial charge in [-0.2, -0.15) is 5.10 Å². The van der Waals surface area contributed by atoms with Gasteiger partial charge in [0.15, 0.2) is 0 Å². The molecule has 0 spiro atoms. The number of amides is 1. The number of aromatic nitrogens is 2. The topological polar surface area (TPSA) is 64.2 Å². The third-order valence-corrected chi connectivity index (χ3v) is 3.28. The Kier molecular flexibility index (Phi) is 3.32. The monoisotopic (exact) mass is 250 g/mol. The maximum absolute atomic E-state index is 12.6. The van der Waals surface area contributed by atoms with Crippen LogP contribution in [0.3, 0.4) is 0 Å². The molecule has 0 aliphatic heterocycles. The van der Waals surface area contributed by atoms with E-state index in [9.17, 15) is 4.79 Å². The van der Waals surface area contributed by atoms with Crippen LogP contribution in [0.2, 0.25) is 0 Å². The molecule has 0 unspecified atom stereocenters. The molecule has 1 saturated carbocycles. The Hall–Kier alpha value is -1.52. The van der Waals surface area contributed by atoms with Crippen molar-refractivity contribution < 1.29 is 4.79 Å². The first-order valence-corrected chi connectivity index (χ1v) is 6.51. The minimum atomic E-state index is 0.0202. The second kappa shape index (κ2) is 4.63. The first-order chi connectivity index (χ1) is 8.41. The number of hydrogen-bond donors (Lipinski definition) is 1. The summed E-state index contributed by atoms with van der Waals surface area (Å²) in [5.41, 5.74) is 7.72. The van der Waals surface area contributed by atoms with Gasteiger partial charge >= 0.3 is 0 Å². The lowest BCUT2D eigenvalue weighted by Crippen LogP contribution is -2.37. The first-order valence-electron chi connectivity index (χ1n) is 6.51. The Morgan fingerprint density at radius 3 is 2.56 bits per heavy atom. The van der Waals surface area contributed by atoms with Crippen molar-refractivity contribution in [3.8, 4) is 0 Å². The number of hydrogen-bond acceptors (Lipinski definition) is 3. The van der Waals surface area contributed by atoms with Crippen LogP contribution in [0.25, 0.3) is 0 Å². The minimum Gasteiger partial charge on any atom is -0.395 e. The quantitative estimate of drug-likeness (QED) is 0.882. The number of rotatable bonds is 4. The molecule has 2 rings (SSSR count).